The summed E-state index contributed by atoms with van der Waals surface area (Å²) in [6.07, 6.45) is 95.9. The minimum Gasteiger partial charge on any atom is -0.756 e. The van der Waals surface area contributed by atoms with E-state index in [1.165, 1.54) is 276 Å². The van der Waals surface area contributed by atoms with Gasteiger partial charge in [-0.15, -0.1) is 0 Å². The third-order valence-corrected chi connectivity index (χ3v) is 18.2. The van der Waals surface area contributed by atoms with Gasteiger partial charge in [-0.1, -0.05) is 350 Å². The summed E-state index contributed by atoms with van der Waals surface area (Å²) in [5, 5.41) is 0. The maximum atomic E-state index is 12.9. The Kier molecular flexibility index (Phi) is 68.8. The number of unbranched alkanes of at least 4 members (excludes halogenated alkanes) is 46. The van der Waals surface area contributed by atoms with Gasteiger partial charge in [0.25, 0.3) is 7.82 Å². The van der Waals surface area contributed by atoms with Crippen LogP contribution in [0.2, 0.25) is 0 Å². The Morgan fingerprint density at radius 1 is 0.356 bits per heavy atom. The minimum atomic E-state index is -4.64. The summed E-state index contributed by atoms with van der Waals surface area (Å²) in [6, 6.07) is 0. The first-order chi connectivity index (χ1) is 44.0. The van der Waals surface area contributed by atoms with E-state index in [1.807, 2.05) is 21.1 Å². The number of rotatable bonds is 72. The molecule has 0 aliphatic heterocycles. The molecule has 0 saturated carbocycles. The fraction of sp³-hybridized carbons (Fsp3) is 0.825. The van der Waals surface area contributed by atoms with Gasteiger partial charge in [0.15, 0.2) is 6.10 Å². The number of ether oxygens (including phenoxy) is 2. The monoisotopic (exact) mass is 1280 g/mol. The highest BCUT2D eigenvalue weighted by atomic mass is 31.2. The Balaban J connectivity index is 3.94. The first kappa shape index (κ1) is 87.5. The topological polar surface area (TPSA) is 111 Å². The number of hydrogen-bond acceptors (Lipinski definition) is 8. The molecular weight excluding hydrogens is 1130 g/mol. The molecule has 0 bridgehead atoms. The standard InChI is InChI=1S/C80H148NO8P/c1-6-8-10-12-14-16-18-20-22-24-26-28-30-32-34-36-38-40-42-44-46-48-50-52-54-56-58-60-62-64-66-68-70-72-79(82)86-76-78(77-88-90(84,85)87-75-74-81(3,4)5)89-80(83)73-71-69-67-65-63-61-59-57-55-53-51-49-47-45-43-41-39-37-35-33-31-29-27-25-23-21-19-17-15-13-11-9-7-2/h9,11,15,17-18,20-21,23-24,26-27,29,78H,6-8,10,12-14,16,19,22,25,28,30-77H2,1-5H3/b11-9-,17-15-,20-18-,23-21-,26-24-,29-27-. The van der Waals surface area contributed by atoms with Crippen LogP contribution in [0.5, 0.6) is 0 Å². The molecule has 0 amide bonds. The van der Waals surface area contributed by atoms with Crippen LogP contribution in [0.15, 0.2) is 72.9 Å². The second-order valence-corrected chi connectivity index (χ2v) is 28.8. The van der Waals surface area contributed by atoms with Crippen molar-refractivity contribution in [2.75, 3.05) is 47.5 Å². The Bertz CT molecular complexity index is 1750. The number of allylic oxidation sites excluding steroid dienone is 12. The van der Waals surface area contributed by atoms with Crippen LogP contribution in [0.4, 0.5) is 0 Å². The van der Waals surface area contributed by atoms with Crippen LogP contribution >= 0.6 is 7.82 Å². The molecule has 0 spiro atoms. The second-order valence-electron chi connectivity index (χ2n) is 27.3. The summed E-state index contributed by atoms with van der Waals surface area (Å²) < 4.78 is 34.4. The first-order valence-corrected chi connectivity index (χ1v) is 40.1. The molecule has 2 atom stereocenters. The van der Waals surface area contributed by atoms with E-state index in [4.69, 9.17) is 18.5 Å². The molecule has 0 radical (unpaired) electrons. The molecule has 526 valence electrons. The molecule has 0 aromatic heterocycles. The van der Waals surface area contributed by atoms with Gasteiger partial charge in [-0.25, -0.2) is 0 Å². The van der Waals surface area contributed by atoms with E-state index in [2.05, 4.69) is 86.8 Å². The Hall–Kier alpha value is -2.55. The van der Waals surface area contributed by atoms with Crippen molar-refractivity contribution in [1.29, 1.82) is 0 Å². The summed E-state index contributed by atoms with van der Waals surface area (Å²) in [4.78, 5) is 38.2. The molecule has 0 aliphatic carbocycles. The zero-order chi connectivity index (χ0) is 65.5. The van der Waals surface area contributed by atoms with Crippen molar-refractivity contribution in [3.05, 3.63) is 72.9 Å². The summed E-state index contributed by atoms with van der Waals surface area (Å²) in [7, 11) is 1.18. The number of hydrogen-bond donors (Lipinski definition) is 0. The van der Waals surface area contributed by atoms with E-state index >= 15 is 0 Å². The maximum absolute atomic E-state index is 12.9. The average Bonchev–Trinajstić information content (AvgIpc) is 3.58. The quantitative estimate of drug-likeness (QED) is 0.0195. The van der Waals surface area contributed by atoms with Crippen molar-refractivity contribution in [3.63, 3.8) is 0 Å². The van der Waals surface area contributed by atoms with Crippen LogP contribution in [-0.2, 0) is 32.7 Å². The van der Waals surface area contributed by atoms with E-state index in [9.17, 15) is 19.0 Å². The number of likely N-dealkylation sites (N-methyl/N-ethyl adjacent to an activating group) is 1. The van der Waals surface area contributed by atoms with E-state index in [-0.39, 0.29) is 32.0 Å². The third kappa shape index (κ3) is 74.5. The van der Waals surface area contributed by atoms with E-state index < -0.39 is 26.5 Å². The smallest absolute Gasteiger partial charge is 0.306 e. The Morgan fingerprint density at radius 2 is 0.633 bits per heavy atom. The number of nitrogens with zero attached hydrogens (tertiary/aromatic N) is 1. The molecule has 10 heteroatoms. The molecule has 0 aromatic carbocycles. The zero-order valence-corrected chi connectivity index (χ0v) is 61.0. The predicted octanol–water partition coefficient (Wildman–Crippen LogP) is 24.9. The zero-order valence-electron chi connectivity index (χ0n) is 60.1. The van der Waals surface area contributed by atoms with E-state index in [1.54, 1.807) is 0 Å². The van der Waals surface area contributed by atoms with Crippen LogP contribution in [0, 0.1) is 0 Å². The molecule has 0 rings (SSSR count). The summed E-state index contributed by atoms with van der Waals surface area (Å²) >= 11 is 0. The van der Waals surface area contributed by atoms with Crippen molar-refractivity contribution in [3.8, 4) is 0 Å². The number of phosphoric acid groups is 1. The Morgan fingerprint density at radius 3 is 0.944 bits per heavy atom. The van der Waals surface area contributed by atoms with E-state index in [0.29, 0.717) is 17.4 Å². The normalized spacial score (nSPS) is 13.4. The largest absolute Gasteiger partial charge is 0.756 e. The Labute approximate surface area is 559 Å². The van der Waals surface area contributed by atoms with Crippen molar-refractivity contribution in [1.82, 2.24) is 0 Å². The van der Waals surface area contributed by atoms with Crippen molar-refractivity contribution >= 4 is 19.8 Å². The fourth-order valence-electron chi connectivity index (χ4n) is 11.3. The molecule has 0 aromatic rings. The number of esters is 2. The SMILES string of the molecule is CC/C=C\C/C=C\C/C=C\C/C=C\CCCCCCCCCCCCCCCCCCCCCCC(=O)OC(COC(=O)CCCCCCCCCCCCCCCCCCCCCCC/C=C\C/C=C\CCCCCCC)COP(=O)([O-])OCC[N+](C)(C)C. The van der Waals surface area contributed by atoms with Crippen LogP contribution in [0.25, 0.3) is 0 Å². The number of carbonyl (C=O) groups excluding carboxylic acids is 2. The van der Waals surface area contributed by atoms with Crippen LogP contribution in [0.3, 0.4) is 0 Å². The fourth-order valence-corrected chi connectivity index (χ4v) is 12.1. The van der Waals surface area contributed by atoms with Crippen LogP contribution in [-0.4, -0.2) is 70.0 Å². The lowest BCUT2D eigenvalue weighted by Gasteiger charge is -2.28. The average molecular weight is 1280 g/mol. The molecular formula is C80H148NO8P. The van der Waals surface area contributed by atoms with Gasteiger partial charge in [0.05, 0.1) is 27.7 Å². The molecule has 0 saturated heterocycles. The predicted molar refractivity (Wildman–Crippen MR) is 388 cm³/mol. The lowest BCUT2D eigenvalue weighted by Crippen LogP contribution is -2.37. The molecule has 9 nitrogen and oxygen atoms in total. The van der Waals surface area contributed by atoms with Gasteiger partial charge in [0.2, 0.25) is 0 Å². The summed E-state index contributed by atoms with van der Waals surface area (Å²) in [5.41, 5.74) is 0. The van der Waals surface area contributed by atoms with Crippen molar-refractivity contribution < 1.29 is 42.1 Å². The van der Waals surface area contributed by atoms with E-state index in [0.717, 1.165) is 64.2 Å². The van der Waals surface area contributed by atoms with Gasteiger partial charge in [-0.3, -0.25) is 14.2 Å². The highest BCUT2D eigenvalue weighted by molar-refractivity contribution is 7.45. The molecule has 0 fully saturated rings. The summed E-state index contributed by atoms with van der Waals surface area (Å²) in [5.74, 6) is -0.813. The number of quaternary nitrogens is 1. The van der Waals surface area contributed by atoms with Gasteiger partial charge in [0, 0.05) is 12.8 Å². The lowest BCUT2D eigenvalue weighted by molar-refractivity contribution is -0.870. The van der Waals surface area contributed by atoms with Gasteiger partial charge < -0.3 is 27.9 Å². The molecule has 0 heterocycles. The maximum Gasteiger partial charge on any atom is 0.306 e. The number of phosphoric ester groups is 1. The van der Waals surface area contributed by atoms with Gasteiger partial charge in [0.1, 0.15) is 19.8 Å². The van der Waals surface area contributed by atoms with Gasteiger partial charge in [-0.05, 0) is 83.5 Å². The van der Waals surface area contributed by atoms with Crippen LogP contribution in [0.1, 0.15) is 373 Å². The van der Waals surface area contributed by atoms with Gasteiger partial charge in [-0.2, -0.15) is 0 Å². The first-order valence-electron chi connectivity index (χ1n) is 38.6. The molecule has 2 unspecified atom stereocenters. The van der Waals surface area contributed by atoms with Gasteiger partial charge >= 0.3 is 11.9 Å². The van der Waals surface area contributed by atoms with Crippen LogP contribution < -0.4 is 4.89 Å². The minimum absolute atomic E-state index is 0.0294. The highest BCUT2D eigenvalue weighted by Crippen LogP contribution is 2.38. The molecule has 0 N–H and O–H groups in total. The van der Waals surface area contributed by atoms with Crippen molar-refractivity contribution in [2.24, 2.45) is 0 Å². The molecule has 0 aliphatic rings. The number of carbonyl (C=O) groups is 2. The lowest BCUT2D eigenvalue weighted by atomic mass is 10.0. The molecule has 90 heavy (non-hydrogen) atoms. The highest BCUT2D eigenvalue weighted by Gasteiger charge is 2.22. The van der Waals surface area contributed by atoms with Crippen molar-refractivity contribution in [2.45, 2.75) is 380 Å². The second kappa shape index (κ2) is 70.8. The summed E-state index contributed by atoms with van der Waals surface area (Å²) in [6.45, 7) is 4.18. The third-order valence-electron chi connectivity index (χ3n) is 17.2.